The van der Waals surface area contributed by atoms with Crippen molar-refractivity contribution in [2.24, 2.45) is 11.7 Å². The molecular weight excluding hydrogens is 592 g/mol. The molecule has 6 rings (SSSR count). The molecule has 5 heterocycles. The van der Waals surface area contributed by atoms with Gasteiger partial charge in [-0.2, -0.15) is 5.26 Å². The number of rotatable bonds is 6. The maximum absolute atomic E-state index is 14.1. The molecule has 11 nitrogen and oxygen atoms in total. The SMILES string of the molecule is Cc1cc(C#N)nc(C)c1C(=O)N1CCC(C)(N2CCC(N3C(=O)N(CC4CCN(C(N)=O)CC4)C[C@H]3c3ccccc3)CC2)CC1. The maximum atomic E-state index is 14.1. The molecule has 4 fully saturated rings. The zero-order valence-electron chi connectivity index (χ0n) is 28.0. The van der Waals surface area contributed by atoms with Crippen LogP contribution in [0.4, 0.5) is 9.59 Å². The number of pyridine rings is 1. The van der Waals surface area contributed by atoms with Crippen LogP contribution in [-0.2, 0) is 0 Å². The van der Waals surface area contributed by atoms with Crippen molar-refractivity contribution in [3.63, 3.8) is 0 Å². The van der Waals surface area contributed by atoms with Crippen molar-refractivity contribution in [1.29, 1.82) is 5.26 Å². The van der Waals surface area contributed by atoms with Crippen molar-refractivity contribution in [1.82, 2.24) is 29.5 Å². The predicted molar refractivity (Wildman–Crippen MR) is 178 cm³/mol. The summed E-state index contributed by atoms with van der Waals surface area (Å²) in [5.74, 6) is 0.367. The standard InChI is InChI=1S/C36H48N8O3/c1-25-21-29(22-37)39-26(2)32(25)33(45)40-19-13-36(3,14-20-40)43-17-11-30(12-18-43)44-31(28-7-5-4-6-8-28)24-42(35(44)47)23-27-9-15-41(16-10-27)34(38)46/h4-8,21,27,30-31H,9-20,23-24H2,1-3H3,(H2,38,46)/t31-/m0/s1. The third-order valence-corrected chi connectivity index (χ3v) is 11.3. The van der Waals surface area contributed by atoms with Gasteiger partial charge >= 0.3 is 12.1 Å². The second-order valence-electron chi connectivity index (χ2n) is 14.2. The average Bonchev–Trinajstić information content (AvgIpc) is 3.40. The minimum atomic E-state index is -0.360. The lowest BCUT2D eigenvalue weighted by molar-refractivity contribution is 0.00489. The number of carbonyl (C=O) groups is 3. The highest BCUT2D eigenvalue weighted by Crippen LogP contribution is 2.38. The zero-order valence-corrected chi connectivity index (χ0v) is 28.0. The smallest absolute Gasteiger partial charge is 0.320 e. The summed E-state index contributed by atoms with van der Waals surface area (Å²) in [6.07, 6.45) is 5.37. The van der Waals surface area contributed by atoms with Crippen LogP contribution in [0.1, 0.15) is 84.4 Å². The molecule has 47 heavy (non-hydrogen) atoms. The number of nitrogens with zero attached hydrogens (tertiary/aromatic N) is 7. The Morgan fingerprint density at radius 3 is 2.23 bits per heavy atom. The van der Waals surface area contributed by atoms with Gasteiger partial charge in [0.2, 0.25) is 0 Å². The minimum absolute atomic E-state index is 0.000207. The van der Waals surface area contributed by atoms with Crippen molar-refractivity contribution in [3.8, 4) is 6.07 Å². The van der Waals surface area contributed by atoms with E-state index in [0.29, 0.717) is 55.6 Å². The van der Waals surface area contributed by atoms with Crippen molar-refractivity contribution in [2.45, 2.75) is 76.9 Å². The molecular formula is C36H48N8O3. The molecule has 250 valence electrons. The number of urea groups is 2. The summed E-state index contributed by atoms with van der Waals surface area (Å²) < 4.78 is 0. The van der Waals surface area contributed by atoms with Crippen LogP contribution < -0.4 is 5.73 Å². The number of benzene rings is 1. The Bertz CT molecular complexity index is 1490. The topological polar surface area (TPSA) is 130 Å². The van der Waals surface area contributed by atoms with Crippen LogP contribution in [0.2, 0.25) is 0 Å². The minimum Gasteiger partial charge on any atom is -0.351 e. The molecule has 2 aromatic rings. The lowest BCUT2D eigenvalue weighted by atomic mass is 9.85. The Labute approximate surface area is 278 Å². The first kappa shape index (κ1) is 32.8. The summed E-state index contributed by atoms with van der Waals surface area (Å²) >= 11 is 0. The number of aromatic nitrogens is 1. The molecule has 0 aliphatic carbocycles. The number of likely N-dealkylation sites (tertiary alicyclic amines) is 3. The van der Waals surface area contributed by atoms with E-state index in [4.69, 9.17) is 5.73 Å². The third kappa shape index (κ3) is 6.66. The van der Waals surface area contributed by atoms with Gasteiger partial charge < -0.3 is 25.3 Å². The summed E-state index contributed by atoms with van der Waals surface area (Å²) in [5, 5.41) is 9.25. The number of amides is 5. The highest BCUT2D eigenvalue weighted by Gasteiger charge is 2.45. The van der Waals surface area contributed by atoms with Crippen LogP contribution in [-0.4, -0.2) is 111 Å². The number of carbonyl (C=O) groups excluding carboxylic acids is 3. The van der Waals surface area contributed by atoms with Crippen molar-refractivity contribution in [3.05, 3.63) is 64.5 Å². The first-order valence-corrected chi connectivity index (χ1v) is 17.2. The predicted octanol–water partition coefficient (Wildman–Crippen LogP) is 4.30. The second-order valence-corrected chi connectivity index (χ2v) is 14.2. The number of nitriles is 1. The lowest BCUT2D eigenvalue weighted by Crippen LogP contribution is -2.58. The maximum Gasteiger partial charge on any atom is 0.320 e. The molecule has 4 aliphatic rings. The quantitative estimate of drug-likeness (QED) is 0.501. The van der Waals surface area contributed by atoms with E-state index in [1.165, 1.54) is 5.56 Å². The summed E-state index contributed by atoms with van der Waals surface area (Å²) in [6, 6.07) is 14.2. The van der Waals surface area contributed by atoms with Crippen LogP contribution in [0.3, 0.4) is 0 Å². The normalized spacial score (nSPS) is 22.9. The van der Waals surface area contributed by atoms with Gasteiger partial charge in [-0.1, -0.05) is 30.3 Å². The first-order chi connectivity index (χ1) is 22.6. The fourth-order valence-electron chi connectivity index (χ4n) is 8.39. The molecule has 11 heteroatoms. The van der Waals surface area contributed by atoms with Gasteiger partial charge in [-0.25, -0.2) is 14.6 Å². The molecule has 5 amide bonds. The van der Waals surface area contributed by atoms with Crippen LogP contribution in [0.15, 0.2) is 36.4 Å². The van der Waals surface area contributed by atoms with Crippen LogP contribution in [0.25, 0.3) is 0 Å². The van der Waals surface area contributed by atoms with Crippen LogP contribution in [0, 0.1) is 31.1 Å². The Balaban J connectivity index is 1.08. The number of primary amides is 1. The van der Waals surface area contributed by atoms with E-state index < -0.39 is 0 Å². The highest BCUT2D eigenvalue weighted by atomic mass is 16.2. The van der Waals surface area contributed by atoms with Gasteiger partial charge in [0.25, 0.3) is 5.91 Å². The Morgan fingerprint density at radius 2 is 1.64 bits per heavy atom. The van der Waals surface area contributed by atoms with Gasteiger partial charge in [-0.15, -0.1) is 0 Å². The second kappa shape index (κ2) is 13.5. The van der Waals surface area contributed by atoms with E-state index in [0.717, 1.165) is 63.7 Å². The Morgan fingerprint density at radius 1 is 0.979 bits per heavy atom. The van der Waals surface area contributed by atoms with Crippen molar-refractivity contribution in [2.75, 3.05) is 52.4 Å². The van der Waals surface area contributed by atoms with Crippen molar-refractivity contribution < 1.29 is 14.4 Å². The van der Waals surface area contributed by atoms with Gasteiger partial charge in [0.15, 0.2) is 0 Å². The summed E-state index contributed by atoms with van der Waals surface area (Å²) in [5.41, 5.74) is 9.03. The lowest BCUT2D eigenvalue weighted by Gasteiger charge is -2.50. The van der Waals surface area contributed by atoms with Gasteiger partial charge in [0.05, 0.1) is 17.3 Å². The molecule has 4 aliphatic heterocycles. The summed E-state index contributed by atoms with van der Waals surface area (Å²) in [4.78, 5) is 54.0. The molecule has 0 spiro atoms. The number of piperidine rings is 3. The average molecular weight is 641 g/mol. The monoisotopic (exact) mass is 640 g/mol. The van der Waals surface area contributed by atoms with Gasteiger partial charge in [-0.05, 0) is 82.4 Å². The van der Waals surface area contributed by atoms with E-state index in [-0.39, 0.29) is 35.6 Å². The molecule has 1 aromatic heterocycles. The number of nitrogens with two attached hydrogens (primary N) is 1. The van der Waals surface area contributed by atoms with E-state index in [2.05, 4.69) is 56.9 Å². The van der Waals surface area contributed by atoms with E-state index in [1.807, 2.05) is 17.9 Å². The fourth-order valence-corrected chi connectivity index (χ4v) is 8.39. The Hall–Kier alpha value is -4.17. The zero-order chi connectivity index (χ0) is 33.3. The summed E-state index contributed by atoms with van der Waals surface area (Å²) in [7, 11) is 0. The van der Waals surface area contributed by atoms with E-state index in [9.17, 15) is 19.6 Å². The molecule has 4 saturated heterocycles. The fraction of sp³-hybridized carbons (Fsp3) is 0.583. The molecule has 1 aromatic carbocycles. The highest BCUT2D eigenvalue weighted by molar-refractivity contribution is 5.96. The molecule has 0 radical (unpaired) electrons. The Kier molecular flexibility index (Phi) is 9.42. The molecule has 0 bridgehead atoms. The van der Waals surface area contributed by atoms with Crippen LogP contribution >= 0.6 is 0 Å². The van der Waals surface area contributed by atoms with E-state index >= 15 is 0 Å². The molecule has 1 atom stereocenters. The van der Waals surface area contributed by atoms with Crippen molar-refractivity contribution >= 4 is 18.0 Å². The van der Waals surface area contributed by atoms with Gasteiger partial charge in [0, 0.05) is 63.9 Å². The molecule has 0 unspecified atom stereocenters. The molecule has 0 saturated carbocycles. The third-order valence-electron chi connectivity index (χ3n) is 11.3. The van der Waals surface area contributed by atoms with Gasteiger partial charge in [-0.3, -0.25) is 9.69 Å². The number of aryl methyl sites for hydroxylation is 2. The van der Waals surface area contributed by atoms with E-state index in [1.54, 1.807) is 17.9 Å². The number of hydrogen-bond donors (Lipinski definition) is 1. The van der Waals surface area contributed by atoms with Gasteiger partial charge in [0.1, 0.15) is 11.8 Å². The summed E-state index contributed by atoms with van der Waals surface area (Å²) in [6.45, 7) is 11.9. The number of hydrogen-bond acceptors (Lipinski definition) is 6. The molecule has 2 N–H and O–H groups in total. The largest absolute Gasteiger partial charge is 0.351 e. The van der Waals surface area contributed by atoms with Crippen LogP contribution in [0.5, 0.6) is 0 Å². The first-order valence-electron chi connectivity index (χ1n) is 17.2.